The lowest BCUT2D eigenvalue weighted by Crippen LogP contribution is -2.16. The van der Waals surface area contributed by atoms with Crippen LogP contribution in [0.3, 0.4) is 0 Å². The predicted octanol–water partition coefficient (Wildman–Crippen LogP) is 3.73. The van der Waals surface area contributed by atoms with Crippen molar-refractivity contribution >= 4 is 33.3 Å². The van der Waals surface area contributed by atoms with Crippen LogP contribution >= 0.6 is 11.6 Å². The van der Waals surface area contributed by atoms with E-state index in [0.29, 0.717) is 30.0 Å². The summed E-state index contributed by atoms with van der Waals surface area (Å²) in [5, 5.41) is 15.7. The smallest absolute Gasteiger partial charge is 0.303 e. The van der Waals surface area contributed by atoms with E-state index in [4.69, 9.17) is 21.9 Å². The maximum absolute atomic E-state index is 12.0. The van der Waals surface area contributed by atoms with Gasteiger partial charge in [0.15, 0.2) is 0 Å². The van der Waals surface area contributed by atoms with Crippen molar-refractivity contribution < 1.29 is 23.5 Å². The molecule has 0 saturated heterocycles. The number of unbranched alkanes of at least 4 members (excludes halogenated alkanes) is 2. The highest BCUT2D eigenvalue weighted by Gasteiger charge is 2.10. The van der Waals surface area contributed by atoms with Crippen molar-refractivity contribution in [3.63, 3.8) is 0 Å². The third-order valence-corrected chi connectivity index (χ3v) is 5.26. The molecule has 9 heteroatoms. The number of carbonyl (C=O) groups is 1. The molecular weight excluding hydrogens is 392 g/mol. The van der Waals surface area contributed by atoms with E-state index in [9.17, 15) is 13.2 Å². The molecule has 0 aliphatic carbocycles. The molecule has 0 fully saturated rings. The minimum atomic E-state index is -3.43. The lowest BCUT2D eigenvalue weighted by atomic mass is 10.1. The van der Waals surface area contributed by atoms with Gasteiger partial charge in [-0.05, 0) is 48.2 Å². The van der Waals surface area contributed by atoms with E-state index < -0.39 is 16.0 Å². The van der Waals surface area contributed by atoms with Gasteiger partial charge < -0.3 is 10.3 Å². The van der Waals surface area contributed by atoms with Crippen molar-refractivity contribution in [1.29, 1.82) is 0 Å². The molecule has 0 amide bonds. The van der Waals surface area contributed by atoms with Gasteiger partial charge in [0.1, 0.15) is 0 Å². The Morgan fingerprint density at radius 2 is 1.44 bits per heavy atom. The normalized spacial score (nSPS) is 10.6. The van der Waals surface area contributed by atoms with Gasteiger partial charge in [-0.3, -0.25) is 9.52 Å². The van der Waals surface area contributed by atoms with Gasteiger partial charge in [-0.15, -0.1) is 0 Å². The summed E-state index contributed by atoms with van der Waals surface area (Å²) in [6.45, 7) is 0. The number of rotatable bonds is 9. The molecule has 0 bridgehead atoms. The minimum absolute atomic E-state index is 0.0223. The van der Waals surface area contributed by atoms with Crippen LogP contribution in [0.4, 0.5) is 5.69 Å². The number of nitrogens with one attached hydrogen (secondary N) is 1. The molecule has 27 heavy (non-hydrogen) atoms. The molecule has 0 aliphatic heterocycles. The Hall–Kier alpha value is -2.13. The predicted molar refractivity (Wildman–Crippen MR) is 106 cm³/mol. The zero-order valence-electron chi connectivity index (χ0n) is 14.6. The van der Waals surface area contributed by atoms with Gasteiger partial charge in [-0.2, -0.15) is 0 Å². The van der Waals surface area contributed by atoms with Gasteiger partial charge in [-0.1, -0.05) is 42.3 Å². The van der Waals surface area contributed by atoms with Crippen LogP contribution in [0.5, 0.6) is 0 Å². The Morgan fingerprint density at radius 3 is 1.96 bits per heavy atom. The molecule has 0 unspecified atom stereocenters. The molecule has 5 N–H and O–H groups in total. The lowest BCUT2D eigenvalue weighted by Gasteiger charge is -2.09. The van der Waals surface area contributed by atoms with Crippen LogP contribution in [0.1, 0.15) is 25.7 Å². The quantitative estimate of drug-likeness (QED) is 0.365. The molecule has 2 aromatic carbocycles. The maximum Gasteiger partial charge on any atom is 0.303 e. The fourth-order valence-corrected chi connectivity index (χ4v) is 3.66. The van der Waals surface area contributed by atoms with Gasteiger partial charge in [0.2, 0.25) is 10.0 Å². The molecular formula is C18H23ClN2O5S. The Morgan fingerprint density at radius 1 is 0.926 bits per heavy atom. The molecule has 2 rings (SSSR count). The number of hydrogen-bond donors (Lipinski definition) is 4. The first-order valence-corrected chi connectivity index (χ1v) is 10.2. The van der Waals surface area contributed by atoms with Gasteiger partial charge in [0.25, 0.3) is 0 Å². The second-order valence-corrected chi connectivity index (χ2v) is 7.99. The first kappa shape index (κ1) is 22.9. The largest absolute Gasteiger partial charge is 0.481 e. The zero-order chi connectivity index (χ0) is 20.3. The van der Waals surface area contributed by atoms with Crippen LogP contribution in [0.2, 0.25) is 5.02 Å². The van der Waals surface area contributed by atoms with Gasteiger partial charge >= 0.3 is 5.97 Å². The molecule has 0 saturated carbocycles. The van der Waals surface area contributed by atoms with Crippen molar-refractivity contribution in [1.82, 2.24) is 0 Å². The van der Waals surface area contributed by atoms with Crippen molar-refractivity contribution in [3.8, 4) is 11.1 Å². The van der Waals surface area contributed by atoms with E-state index in [1.807, 2.05) is 24.3 Å². The molecule has 0 spiro atoms. The average molecular weight is 415 g/mol. The second kappa shape index (κ2) is 11.6. The highest BCUT2D eigenvalue weighted by molar-refractivity contribution is 7.92. The van der Waals surface area contributed by atoms with Crippen LogP contribution in [-0.2, 0) is 14.8 Å². The Bertz CT molecular complexity index is 809. The van der Waals surface area contributed by atoms with Crippen molar-refractivity contribution in [3.05, 3.63) is 53.6 Å². The third kappa shape index (κ3) is 8.87. The zero-order valence-corrected chi connectivity index (χ0v) is 16.2. The summed E-state index contributed by atoms with van der Waals surface area (Å²) in [5.41, 5.74) is 2.47. The van der Waals surface area contributed by atoms with Gasteiger partial charge in [0.05, 0.1) is 5.75 Å². The third-order valence-electron chi connectivity index (χ3n) is 3.64. The lowest BCUT2D eigenvalue weighted by molar-refractivity contribution is -0.137. The molecule has 148 valence electrons. The topological polar surface area (TPSA) is 130 Å². The summed E-state index contributed by atoms with van der Waals surface area (Å²) in [5.74, 6) is 2.62. The summed E-state index contributed by atoms with van der Waals surface area (Å²) >= 11 is 5.87. The number of anilines is 1. The van der Waals surface area contributed by atoms with Crippen molar-refractivity contribution in [2.45, 2.75) is 25.7 Å². The summed E-state index contributed by atoms with van der Waals surface area (Å²) in [6, 6.07) is 14.5. The first-order valence-electron chi connectivity index (χ1n) is 8.20. The number of benzene rings is 2. The number of nitrogens with two attached hydrogens (primary N) is 1. The number of sulfonamides is 1. The Labute approximate surface area is 163 Å². The highest BCUT2D eigenvalue weighted by atomic mass is 35.5. The van der Waals surface area contributed by atoms with Crippen LogP contribution < -0.4 is 10.6 Å². The highest BCUT2D eigenvalue weighted by Crippen LogP contribution is 2.23. The summed E-state index contributed by atoms with van der Waals surface area (Å²) in [4.78, 5) is 10.4. The number of hydrogen-bond acceptors (Lipinski definition) is 5. The summed E-state index contributed by atoms with van der Waals surface area (Å²) in [6.07, 6.45) is 1.56. The maximum atomic E-state index is 12.0. The Balaban J connectivity index is 0.00000176. The fraction of sp³-hybridized carbons (Fsp3) is 0.278. The molecule has 2 aromatic rings. The number of aliphatic carboxylic acids is 1. The van der Waals surface area contributed by atoms with Crippen molar-refractivity contribution in [2.24, 2.45) is 5.90 Å². The van der Waals surface area contributed by atoms with E-state index in [2.05, 4.69) is 10.6 Å². The van der Waals surface area contributed by atoms with E-state index in [-0.39, 0.29) is 12.2 Å². The van der Waals surface area contributed by atoms with Crippen LogP contribution in [-0.4, -0.2) is 30.5 Å². The monoisotopic (exact) mass is 414 g/mol. The SMILES string of the molecule is NO.O=C(O)CCCCCS(=O)(=O)Nc1ccc(-c2ccc(Cl)cc2)cc1. The second-order valence-electron chi connectivity index (χ2n) is 5.71. The van der Waals surface area contributed by atoms with Crippen LogP contribution in [0.25, 0.3) is 11.1 Å². The molecule has 0 heterocycles. The van der Waals surface area contributed by atoms with E-state index >= 15 is 0 Å². The first-order chi connectivity index (χ1) is 12.9. The van der Waals surface area contributed by atoms with E-state index in [0.717, 1.165) is 11.1 Å². The van der Waals surface area contributed by atoms with Gasteiger partial charge in [-0.25, -0.2) is 14.3 Å². The Kier molecular flexibility index (Phi) is 9.81. The molecule has 7 nitrogen and oxygen atoms in total. The minimum Gasteiger partial charge on any atom is -0.481 e. The number of halogens is 1. The molecule has 0 aromatic heterocycles. The summed E-state index contributed by atoms with van der Waals surface area (Å²) in [7, 11) is -3.43. The fourth-order valence-electron chi connectivity index (χ4n) is 2.35. The average Bonchev–Trinajstić information content (AvgIpc) is 2.64. The van der Waals surface area contributed by atoms with E-state index in [1.165, 1.54) is 0 Å². The molecule has 0 radical (unpaired) electrons. The number of carboxylic acids is 1. The van der Waals surface area contributed by atoms with Crippen molar-refractivity contribution in [2.75, 3.05) is 10.5 Å². The van der Waals surface area contributed by atoms with Crippen LogP contribution in [0.15, 0.2) is 48.5 Å². The molecule has 0 aliphatic rings. The van der Waals surface area contributed by atoms with E-state index in [1.54, 1.807) is 24.3 Å². The summed E-state index contributed by atoms with van der Waals surface area (Å²) < 4.78 is 26.6. The molecule has 0 atom stereocenters. The number of carboxylic acid groups (broad SMARTS) is 1. The van der Waals surface area contributed by atoms with Gasteiger partial charge in [0, 0.05) is 17.1 Å². The standard InChI is InChI=1S/C18H20ClNO4S.H3NO/c19-16-9-5-14(6-10-16)15-7-11-17(12-8-15)20-25(23,24)13-3-1-2-4-18(21)22;1-2/h5-12,20H,1-4,13H2,(H,21,22);2H,1H2. The van der Waals surface area contributed by atoms with Crippen LogP contribution in [0, 0.1) is 0 Å².